The van der Waals surface area contributed by atoms with Gasteiger partial charge in [-0.25, -0.2) is 0 Å². The first-order chi connectivity index (χ1) is 12.4. The zero-order chi connectivity index (χ0) is 19.1. The van der Waals surface area contributed by atoms with Crippen LogP contribution in [0, 0.1) is 11.8 Å². The number of hydrogen-bond donors (Lipinski definition) is 1. The van der Waals surface area contributed by atoms with E-state index >= 15 is 0 Å². The lowest BCUT2D eigenvalue weighted by molar-refractivity contribution is 0.0896. The second-order valence-corrected chi connectivity index (χ2v) is 6.31. The smallest absolute Gasteiger partial charge is 0.143 e. The first kappa shape index (κ1) is 20.4. The maximum absolute atomic E-state index is 10.3. The minimum Gasteiger partial charge on any atom is -0.497 e. The van der Waals surface area contributed by atoms with Gasteiger partial charge in [0.15, 0.2) is 0 Å². The summed E-state index contributed by atoms with van der Waals surface area (Å²) in [5, 5.41) is 10.9. The molecule has 2 rings (SSSR count). The Morgan fingerprint density at radius 1 is 0.962 bits per heavy atom. The molecule has 0 bridgehead atoms. The second kappa shape index (κ2) is 9.70. The van der Waals surface area contributed by atoms with Crippen LogP contribution in [-0.4, -0.2) is 25.4 Å². The van der Waals surface area contributed by atoms with Crippen LogP contribution in [0.4, 0.5) is 0 Å². The maximum atomic E-state index is 10.3. The molecule has 0 aliphatic carbocycles. The molecule has 0 saturated carbocycles. The van der Waals surface area contributed by atoms with Crippen LogP contribution in [0.25, 0.3) is 0 Å². The molecule has 0 amide bonds. The van der Waals surface area contributed by atoms with Gasteiger partial charge in [-0.15, -0.1) is 0 Å². The highest BCUT2D eigenvalue weighted by Gasteiger charge is 2.15. The third-order valence-corrected chi connectivity index (χ3v) is 4.27. The molecular weight excluding hydrogens is 375 g/mol. The summed E-state index contributed by atoms with van der Waals surface area (Å²) >= 11 is 12.3. The molecule has 0 heterocycles. The van der Waals surface area contributed by atoms with Crippen LogP contribution in [0.3, 0.4) is 0 Å². The van der Waals surface area contributed by atoms with Crippen LogP contribution < -0.4 is 9.47 Å². The summed E-state index contributed by atoms with van der Waals surface area (Å²) in [6.45, 7) is 2.21. The van der Waals surface area contributed by atoms with Crippen molar-refractivity contribution < 1.29 is 19.3 Å². The number of halogens is 2. The van der Waals surface area contributed by atoms with Gasteiger partial charge in [0.25, 0.3) is 0 Å². The van der Waals surface area contributed by atoms with Gasteiger partial charge >= 0.3 is 0 Å². The first-order valence-electron chi connectivity index (χ1n) is 7.91. The third-order valence-electron chi connectivity index (χ3n) is 3.64. The molecule has 0 saturated heterocycles. The van der Waals surface area contributed by atoms with E-state index in [0.29, 0.717) is 28.0 Å². The van der Waals surface area contributed by atoms with Crippen LogP contribution >= 0.6 is 23.2 Å². The van der Waals surface area contributed by atoms with Crippen molar-refractivity contribution in [2.45, 2.75) is 25.7 Å². The molecule has 2 aromatic carbocycles. The van der Waals surface area contributed by atoms with E-state index in [2.05, 4.69) is 11.8 Å². The lowest BCUT2D eigenvalue weighted by Gasteiger charge is -2.12. The van der Waals surface area contributed by atoms with Crippen molar-refractivity contribution in [2.24, 2.45) is 0 Å². The average molecular weight is 395 g/mol. The van der Waals surface area contributed by atoms with E-state index in [9.17, 15) is 5.11 Å². The summed E-state index contributed by atoms with van der Waals surface area (Å²) < 4.78 is 15.9. The fourth-order valence-electron chi connectivity index (χ4n) is 2.19. The maximum Gasteiger partial charge on any atom is 0.143 e. The van der Waals surface area contributed by atoms with Crippen LogP contribution in [0.2, 0.25) is 10.0 Å². The Morgan fingerprint density at radius 3 is 2.08 bits per heavy atom. The van der Waals surface area contributed by atoms with Gasteiger partial charge in [-0.1, -0.05) is 47.2 Å². The van der Waals surface area contributed by atoms with Gasteiger partial charge < -0.3 is 19.3 Å². The van der Waals surface area contributed by atoms with Gasteiger partial charge in [-0.3, -0.25) is 0 Å². The molecule has 1 unspecified atom stereocenters. The lowest BCUT2D eigenvalue weighted by Crippen LogP contribution is -2.06. The molecule has 0 aromatic heterocycles. The molecule has 2 aromatic rings. The molecule has 0 radical (unpaired) electrons. The fraction of sp³-hybridized carbons (Fsp3) is 0.300. The molecule has 26 heavy (non-hydrogen) atoms. The van der Waals surface area contributed by atoms with E-state index in [-0.39, 0.29) is 6.10 Å². The van der Waals surface area contributed by atoms with E-state index in [4.69, 9.17) is 37.4 Å². The Labute approximate surface area is 163 Å². The minimum atomic E-state index is -1.12. The largest absolute Gasteiger partial charge is 0.497 e. The summed E-state index contributed by atoms with van der Waals surface area (Å²) in [7, 11) is 3.13. The summed E-state index contributed by atoms with van der Waals surface area (Å²) in [6, 6.07) is 10.7. The molecular formula is C20H20Cl2O4. The Kier molecular flexibility index (Phi) is 7.62. The molecule has 2 atom stereocenters. The lowest BCUT2D eigenvalue weighted by atomic mass is 10.1. The quantitative estimate of drug-likeness (QED) is 0.724. The van der Waals surface area contributed by atoms with Gasteiger partial charge in [-0.05, 0) is 36.8 Å². The number of aliphatic hydroxyl groups excluding tert-OH is 1. The van der Waals surface area contributed by atoms with E-state index in [0.717, 1.165) is 11.3 Å². The van der Waals surface area contributed by atoms with Crippen LogP contribution in [-0.2, 0) is 11.3 Å². The Balaban J connectivity index is 1.99. The number of rotatable bonds is 6. The van der Waals surface area contributed by atoms with E-state index < -0.39 is 6.10 Å². The molecule has 4 nitrogen and oxygen atoms in total. The average Bonchev–Trinajstić information content (AvgIpc) is 2.64. The number of benzene rings is 2. The summed E-state index contributed by atoms with van der Waals surface area (Å²) in [5.41, 5.74) is 1.35. The van der Waals surface area contributed by atoms with Gasteiger partial charge in [-0.2, -0.15) is 0 Å². The monoisotopic (exact) mass is 394 g/mol. The number of ether oxygens (including phenoxy) is 3. The molecule has 1 N–H and O–H groups in total. The Hall–Kier alpha value is -1.90. The normalized spacial score (nSPS) is 12.7. The van der Waals surface area contributed by atoms with Gasteiger partial charge in [0, 0.05) is 5.56 Å². The molecule has 0 aliphatic rings. The zero-order valence-corrected chi connectivity index (χ0v) is 16.3. The van der Waals surface area contributed by atoms with Crippen molar-refractivity contribution in [1.82, 2.24) is 0 Å². The van der Waals surface area contributed by atoms with Crippen molar-refractivity contribution in [3.05, 3.63) is 57.6 Å². The summed E-state index contributed by atoms with van der Waals surface area (Å²) in [5.74, 6) is 6.89. The summed E-state index contributed by atoms with van der Waals surface area (Å²) in [6.07, 6.45) is -1.49. The molecule has 0 aliphatic heterocycles. The second-order valence-electron chi connectivity index (χ2n) is 5.50. The van der Waals surface area contributed by atoms with Crippen molar-refractivity contribution in [1.29, 1.82) is 0 Å². The number of methoxy groups -OCH3 is 2. The van der Waals surface area contributed by atoms with Crippen molar-refractivity contribution in [2.75, 3.05) is 14.2 Å². The molecule has 0 spiro atoms. The SMILES string of the molecule is COc1ccc(CO[C@H](C)C#CC(O)c2c(Cl)cc(OC)cc2Cl)cc1. The van der Waals surface area contributed by atoms with Crippen molar-refractivity contribution in [3.8, 4) is 23.3 Å². The fourth-order valence-corrected chi connectivity index (χ4v) is 2.87. The van der Waals surface area contributed by atoms with Crippen LogP contribution in [0.5, 0.6) is 11.5 Å². The molecule has 138 valence electrons. The van der Waals surface area contributed by atoms with Crippen molar-refractivity contribution in [3.63, 3.8) is 0 Å². The minimum absolute atomic E-state index is 0.294. The third kappa shape index (κ3) is 5.55. The van der Waals surface area contributed by atoms with Crippen LogP contribution in [0.1, 0.15) is 24.2 Å². The van der Waals surface area contributed by atoms with Crippen molar-refractivity contribution >= 4 is 23.2 Å². The van der Waals surface area contributed by atoms with Gasteiger partial charge in [0.2, 0.25) is 0 Å². The zero-order valence-electron chi connectivity index (χ0n) is 14.8. The highest BCUT2D eigenvalue weighted by molar-refractivity contribution is 6.36. The number of hydrogen-bond acceptors (Lipinski definition) is 4. The predicted molar refractivity (Wildman–Crippen MR) is 103 cm³/mol. The van der Waals surface area contributed by atoms with E-state index in [1.165, 1.54) is 7.11 Å². The molecule has 0 fully saturated rings. The van der Waals surface area contributed by atoms with Gasteiger partial charge in [0.1, 0.15) is 23.7 Å². The molecule has 6 heteroatoms. The Bertz CT molecular complexity index is 771. The van der Waals surface area contributed by atoms with Crippen LogP contribution in [0.15, 0.2) is 36.4 Å². The number of aliphatic hydroxyl groups is 1. The Morgan fingerprint density at radius 2 is 1.54 bits per heavy atom. The van der Waals surface area contributed by atoms with E-state index in [1.54, 1.807) is 26.2 Å². The highest BCUT2D eigenvalue weighted by Crippen LogP contribution is 2.34. The predicted octanol–water partition coefficient (Wildman–Crippen LogP) is 4.65. The van der Waals surface area contributed by atoms with E-state index in [1.807, 2.05) is 24.3 Å². The highest BCUT2D eigenvalue weighted by atomic mass is 35.5. The standard InChI is InChI=1S/C20H20Cl2O4/c1-13(26-12-14-5-7-15(24-2)8-6-14)4-9-19(23)20-17(21)10-16(25-3)11-18(20)22/h5-8,10-11,13,19,23H,12H2,1-3H3/t13-,19?/m1/s1. The topological polar surface area (TPSA) is 47.9 Å². The summed E-state index contributed by atoms with van der Waals surface area (Å²) in [4.78, 5) is 0. The first-order valence-corrected chi connectivity index (χ1v) is 8.66. The van der Waals surface area contributed by atoms with Gasteiger partial charge in [0.05, 0.1) is 30.9 Å².